The predicted molar refractivity (Wildman–Crippen MR) is 81.4 cm³/mol. The number of thioether (sulfide) groups is 1. The van der Waals surface area contributed by atoms with Crippen LogP contribution in [-0.4, -0.2) is 29.8 Å². The molecule has 1 unspecified atom stereocenters. The molecule has 0 spiro atoms. The summed E-state index contributed by atoms with van der Waals surface area (Å²) >= 11 is 1.90. The van der Waals surface area contributed by atoms with E-state index in [2.05, 4.69) is 44.3 Å². The van der Waals surface area contributed by atoms with Crippen LogP contribution in [0.3, 0.4) is 0 Å². The summed E-state index contributed by atoms with van der Waals surface area (Å²) in [5.74, 6) is 2.16. The number of nitrogens with one attached hydrogen (secondary N) is 1. The lowest BCUT2D eigenvalue weighted by Gasteiger charge is -2.17. The molecule has 1 rings (SSSR count). The van der Waals surface area contributed by atoms with Crippen molar-refractivity contribution in [3.05, 3.63) is 34.9 Å². The van der Waals surface area contributed by atoms with E-state index < -0.39 is 0 Å². The van der Waals surface area contributed by atoms with Gasteiger partial charge in [0.15, 0.2) is 0 Å². The first kappa shape index (κ1) is 15.5. The smallest absolute Gasteiger partial charge is 0.0438 e. The molecule has 0 amide bonds. The molecule has 0 fully saturated rings. The molecule has 3 heteroatoms. The molecule has 0 bridgehead atoms. The third kappa shape index (κ3) is 5.42. The number of benzene rings is 1. The van der Waals surface area contributed by atoms with Gasteiger partial charge in [0, 0.05) is 24.9 Å². The molecule has 1 aromatic rings. The van der Waals surface area contributed by atoms with Gasteiger partial charge in [-0.3, -0.25) is 0 Å². The largest absolute Gasteiger partial charge is 0.396 e. The van der Waals surface area contributed by atoms with E-state index in [1.807, 2.05) is 11.8 Å². The Labute approximate surface area is 115 Å². The Bertz CT molecular complexity index is 354. The summed E-state index contributed by atoms with van der Waals surface area (Å²) in [6, 6.07) is 7.03. The Kier molecular flexibility index (Phi) is 7.40. The third-order valence-electron chi connectivity index (χ3n) is 3.04. The number of aliphatic hydroxyl groups is 1. The van der Waals surface area contributed by atoms with Gasteiger partial charge in [-0.2, -0.15) is 11.8 Å². The van der Waals surface area contributed by atoms with Crippen molar-refractivity contribution in [2.45, 2.75) is 33.2 Å². The van der Waals surface area contributed by atoms with Gasteiger partial charge < -0.3 is 10.4 Å². The summed E-state index contributed by atoms with van der Waals surface area (Å²) in [6.45, 7) is 7.85. The van der Waals surface area contributed by atoms with Gasteiger partial charge in [0.2, 0.25) is 0 Å². The van der Waals surface area contributed by atoms with E-state index >= 15 is 0 Å². The molecule has 0 aromatic heterocycles. The van der Waals surface area contributed by atoms with E-state index in [1.54, 1.807) is 0 Å². The number of aryl methyl sites for hydroxylation is 2. The van der Waals surface area contributed by atoms with Gasteiger partial charge in [-0.15, -0.1) is 0 Å². The molecular formula is C15H25NOS. The van der Waals surface area contributed by atoms with E-state index in [0.29, 0.717) is 12.6 Å². The van der Waals surface area contributed by atoms with Crippen LogP contribution in [0.25, 0.3) is 0 Å². The maximum Gasteiger partial charge on any atom is 0.0438 e. The summed E-state index contributed by atoms with van der Waals surface area (Å²) in [5.41, 5.74) is 4.07. The highest BCUT2D eigenvalue weighted by Gasteiger charge is 2.07. The van der Waals surface area contributed by atoms with Crippen LogP contribution in [0, 0.1) is 13.8 Å². The first-order valence-electron chi connectivity index (χ1n) is 6.64. The highest BCUT2D eigenvalue weighted by Crippen LogP contribution is 2.18. The lowest BCUT2D eigenvalue weighted by atomic mass is 10.00. The Morgan fingerprint density at radius 3 is 2.78 bits per heavy atom. The third-order valence-corrected chi connectivity index (χ3v) is 4.12. The highest BCUT2D eigenvalue weighted by molar-refractivity contribution is 7.99. The number of aliphatic hydroxyl groups excluding tert-OH is 1. The van der Waals surface area contributed by atoms with Crippen molar-refractivity contribution in [1.29, 1.82) is 0 Å². The summed E-state index contributed by atoms with van der Waals surface area (Å²) in [5, 5.41) is 12.2. The van der Waals surface area contributed by atoms with Gasteiger partial charge >= 0.3 is 0 Å². The van der Waals surface area contributed by atoms with Crippen molar-refractivity contribution in [2.75, 3.05) is 24.7 Å². The maximum absolute atomic E-state index is 8.69. The predicted octanol–water partition coefficient (Wildman–Crippen LogP) is 3.07. The lowest BCUT2D eigenvalue weighted by molar-refractivity contribution is 0.296. The fourth-order valence-electron chi connectivity index (χ4n) is 1.95. The fraction of sp³-hybridized carbons (Fsp3) is 0.600. The summed E-state index contributed by atoms with van der Waals surface area (Å²) in [6.07, 6.45) is 0.900. The van der Waals surface area contributed by atoms with Crippen LogP contribution in [-0.2, 0) is 0 Å². The molecule has 18 heavy (non-hydrogen) atoms. The fourth-order valence-corrected chi connectivity index (χ4v) is 2.75. The van der Waals surface area contributed by atoms with Gasteiger partial charge in [0.05, 0.1) is 0 Å². The first-order chi connectivity index (χ1) is 8.65. The second-order valence-corrected chi connectivity index (χ2v) is 5.95. The molecule has 0 radical (unpaired) electrons. The van der Waals surface area contributed by atoms with Crippen LogP contribution >= 0.6 is 11.8 Å². The van der Waals surface area contributed by atoms with Crippen LogP contribution in [0.15, 0.2) is 18.2 Å². The maximum atomic E-state index is 8.69. The molecule has 0 aliphatic carbocycles. The highest BCUT2D eigenvalue weighted by atomic mass is 32.2. The Morgan fingerprint density at radius 1 is 1.28 bits per heavy atom. The summed E-state index contributed by atoms with van der Waals surface area (Å²) in [7, 11) is 0. The van der Waals surface area contributed by atoms with E-state index in [-0.39, 0.29) is 0 Å². The second-order valence-electron chi connectivity index (χ2n) is 4.73. The van der Waals surface area contributed by atoms with Crippen molar-refractivity contribution in [3.63, 3.8) is 0 Å². The van der Waals surface area contributed by atoms with Gasteiger partial charge in [-0.25, -0.2) is 0 Å². The van der Waals surface area contributed by atoms with Crippen LogP contribution in [0.1, 0.15) is 36.1 Å². The number of hydrogen-bond donors (Lipinski definition) is 2. The van der Waals surface area contributed by atoms with Crippen molar-refractivity contribution < 1.29 is 5.11 Å². The molecule has 0 heterocycles. The van der Waals surface area contributed by atoms with Crippen LogP contribution in [0.5, 0.6) is 0 Å². The van der Waals surface area contributed by atoms with Crippen molar-refractivity contribution >= 4 is 11.8 Å². The Balaban J connectivity index is 2.31. The standard InChI is InChI=1S/C15H25NOS/c1-12-5-6-13(2)15(11-12)14(3)16-7-10-18-9-4-8-17/h5-6,11,14,16-17H,4,7-10H2,1-3H3. The molecule has 1 aromatic carbocycles. The molecule has 0 saturated heterocycles. The first-order valence-corrected chi connectivity index (χ1v) is 7.79. The average Bonchev–Trinajstić information content (AvgIpc) is 2.36. The van der Waals surface area contributed by atoms with Crippen molar-refractivity contribution in [1.82, 2.24) is 5.32 Å². The SMILES string of the molecule is Cc1ccc(C)c(C(C)NCCSCCCO)c1. The molecular weight excluding hydrogens is 242 g/mol. The second kappa shape index (κ2) is 8.57. The monoisotopic (exact) mass is 267 g/mol. The van der Waals surface area contributed by atoms with Crippen molar-refractivity contribution in [3.8, 4) is 0 Å². The molecule has 0 aliphatic rings. The molecule has 2 nitrogen and oxygen atoms in total. The van der Waals surface area contributed by atoms with Crippen molar-refractivity contribution in [2.24, 2.45) is 0 Å². The zero-order valence-corrected chi connectivity index (χ0v) is 12.5. The van der Waals surface area contributed by atoms with Crippen LogP contribution in [0.4, 0.5) is 0 Å². The van der Waals surface area contributed by atoms with E-state index in [1.165, 1.54) is 16.7 Å². The molecule has 2 N–H and O–H groups in total. The van der Waals surface area contributed by atoms with Gasteiger partial charge in [-0.05, 0) is 44.1 Å². The summed E-state index contributed by atoms with van der Waals surface area (Å²) < 4.78 is 0. The normalized spacial score (nSPS) is 12.7. The van der Waals surface area contributed by atoms with Gasteiger partial charge in [-0.1, -0.05) is 23.8 Å². The van der Waals surface area contributed by atoms with E-state index in [9.17, 15) is 0 Å². The topological polar surface area (TPSA) is 32.3 Å². The minimum Gasteiger partial charge on any atom is -0.396 e. The van der Waals surface area contributed by atoms with E-state index in [0.717, 1.165) is 24.5 Å². The van der Waals surface area contributed by atoms with E-state index in [4.69, 9.17) is 5.11 Å². The average molecular weight is 267 g/mol. The zero-order valence-electron chi connectivity index (χ0n) is 11.7. The van der Waals surface area contributed by atoms with Crippen LogP contribution in [0.2, 0.25) is 0 Å². The molecule has 102 valence electrons. The molecule has 1 atom stereocenters. The molecule has 0 aliphatic heterocycles. The number of rotatable bonds is 8. The summed E-state index contributed by atoms with van der Waals surface area (Å²) in [4.78, 5) is 0. The van der Waals surface area contributed by atoms with Gasteiger partial charge in [0.25, 0.3) is 0 Å². The van der Waals surface area contributed by atoms with Crippen LogP contribution < -0.4 is 5.32 Å². The minimum absolute atomic E-state index is 0.305. The zero-order chi connectivity index (χ0) is 13.4. The Morgan fingerprint density at radius 2 is 2.06 bits per heavy atom. The number of hydrogen-bond acceptors (Lipinski definition) is 3. The quantitative estimate of drug-likeness (QED) is 0.710. The Hall–Kier alpha value is -0.510. The minimum atomic E-state index is 0.305. The lowest BCUT2D eigenvalue weighted by Crippen LogP contribution is -2.22. The van der Waals surface area contributed by atoms with Gasteiger partial charge in [0.1, 0.15) is 0 Å². The molecule has 0 saturated carbocycles.